The van der Waals surface area contributed by atoms with Crippen LogP contribution in [0.3, 0.4) is 0 Å². The molecule has 0 saturated heterocycles. The van der Waals surface area contributed by atoms with E-state index in [9.17, 15) is 0 Å². The van der Waals surface area contributed by atoms with E-state index in [0.717, 1.165) is 13.0 Å². The maximum atomic E-state index is 5.50. The minimum absolute atomic E-state index is 0.0901. The lowest BCUT2D eigenvalue weighted by molar-refractivity contribution is 0.633. The molecule has 1 heterocycles. The van der Waals surface area contributed by atoms with Crippen molar-refractivity contribution in [3.05, 3.63) is 21.4 Å². The Balaban J connectivity index is 2.75. The molecule has 0 saturated carbocycles. The van der Waals surface area contributed by atoms with Crippen LogP contribution in [0.25, 0.3) is 0 Å². The second-order valence-electron chi connectivity index (χ2n) is 3.44. The molecule has 0 fully saturated rings. The summed E-state index contributed by atoms with van der Waals surface area (Å²) in [5.74, 6) is 2.79. The molecule has 0 amide bonds. The first-order chi connectivity index (χ1) is 6.69. The van der Waals surface area contributed by atoms with Crippen LogP contribution in [0.4, 0.5) is 0 Å². The van der Waals surface area contributed by atoms with Crippen molar-refractivity contribution in [1.29, 1.82) is 0 Å². The molecule has 1 aromatic heterocycles. The van der Waals surface area contributed by atoms with Gasteiger partial charge in [-0.3, -0.25) is 5.32 Å². The van der Waals surface area contributed by atoms with E-state index in [1.54, 1.807) is 11.3 Å². The lowest BCUT2D eigenvalue weighted by atomic mass is 10.2. The third kappa shape index (κ3) is 2.60. The summed E-state index contributed by atoms with van der Waals surface area (Å²) < 4.78 is 0. The highest BCUT2D eigenvalue weighted by molar-refractivity contribution is 7.12. The molecule has 1 unspecified atom stereocenters. The van der Waals surface area contributed by atoms with Gasteiger partial charge in [0.15, 0.2) is 0 Å². The van der Waals surface area contributed by atoms with Gasteiger partial charge in [0.05, 0.1) is 0 Å². The first kappa shape index (κ1) is 11.3. The van der Waals surface area contributed by atoms with Crippen molar-refractivity contribution in [3.8, 4) is 12.3 Å². The predicted molar refractivity (Wildman–Crippen MR) is 63.7 cm³/mol. The van der Waals surface area contributed by atoms with Gasteiger partial charge in [-0.25, -0.2) is 0 Å². The van der Waals surface area contributed by atoms with Crippen molar-refractivity contribution in [1.82, 2.24) is 5.32 Å². The summed E-state index contributed by atoms with van der Waals surface area (Å²) in [4.78, 5) is 2.62. The number of aryl methyl sites for hydroxylation is 2. The van der Waals surface area contributed by atoms with Gasteiger partial charge in [0.25, 0.3) is 0 Å². The number of hydrogen-bond acceptors (Lipinski definition) is 2. The highest BCUT2D eigenvalue weighted by atomic mass is 32.1. The van der Waals surface area contributed by atoms with Crippen LogP contribution in [-0.4, -0.2) is 6.54 Å². The summed E-state index contributed by atoms with van der Waals surface area (Å²) in [6, 6.07) is 2.28. The third-order valence-electron chi connectivity index (χ3n) is 2.23. The van der Waals surface area contributed by atoms with Crippen molar-refractivity contribution >= 4 is 11.3 Å². The molecule has 2 heteroatoms. The van der Waals surface area contributed by atoms with Crippen LogP contribution in [0.15, 0.2) is 6.07 Å². The maximum absolute atomic E-state index is 5.50. The minimum atomic E-state index is 0.0901. The maximum Gasteiger partial charge on any atom is 0.104 e. The standard InChI is InChI=1S/C12H17NS/c1-5-7-13-11(6-2)12-8-9(3)10(4)14-12/h2,8,11,13H,5,7H2,1,3-4H3. The first-order valence-electron chi connectivity index (χ1n) is 4.95. The zero-order chi connectivity index (χ0) is 10.6. The van der Waals surface area contributed by atoms with E-state index in [2.05, 4.69) is 38.1 Å². The van der Waals surface area contributed by atoms with Gasteiger partial charge in [-0.1, -0.05) is 12.8 Å². The molecular weight excluding hydrogens is 190 g/mol. The van der Waals surface area contributed by atoms with Crippen molar-refractivity contribution in [3.63, 3.8) is 0 Å². The second-order valence-corrected chi connectivity index (χ2v) is 4.73. The Kier molecular flexibility index (Phi) is 4.19. The van der Waals surface area contributed by atoms with Gasteiger partial charge in [-0.15, -0.1) is 17.8 Å². The van der Waals surface area contributed by atoms with Crippen molar-refractivity contribution in [2.75, 3.05) is 6.54 Å². The van der Waals surface area contributed by atoms with Gasteiger partial charge in [-0.05, 0) is 38.4 Å². The zero-order valence-corrected chi connectivity index (χ0v) is 9.87. The van der Waals surface area contributed by atoms with E-state index in [0.29, 0.717) is 0 Å². The summed E-state index contributed by atoms with van der Waals surface area (Å²) in [5, 5.41) is 3.35. The Morgan fingerprint density at radius 2 is 2.29 bits per heavy atom. The molecule has 1 rings (SSSR count). The molecule has 0 aliphatic carbocycles. The highest BCUT2D eigenvalue weighted by Crippen LogP contribution is 2.25. The normalized spacial score (nSPS) is 12.4. The summed E-state index contributed by atoms with van der Waals surface area (Å²) in [6.07, 6.45) is 6.61. The first-order valence-corrected chi connectivity index (χ1v) is 5.77. The number of thiophene rings is 1. The fourth-order valence-corrected chi connectivity index (χ4v) is 2.35. The van der Waals surface area contributed by atoms with E-state index < -0.39 is 0 Å². The van der Waals surface area contributed by atoms with E-state index in [1.807, 2.05) is 0 Å². The Morgan fingerprint density at radius 3 is 2.71 bits per heavy atom. The van der Waals surface area contributed by atoms with Gasteiger partial charge in [-0.2, -0.15) is 0 Å². The van der Waals surface area contributed by atoms with Gasteiger partial charge in [0.2, 0.25) is 0 Å². The molecule has 1 nitrogen and oxygen atoms in total. The van der Waals surface area contributed by atoms with Gasteiger partial charge in [0.1, 0.15) is 6.04 Å². The highest BCUT2D eigenvalue weighted by Gasteiger charge is 2.10. The van der Waals surface area contributed by atoms with Crippen LogP contribution in [0.2, 0.25) is 0 Å². The van der Waals surface area contributed by atoms with Gasteiger partial charge >= 0.3 is 0 Å². The van der Waals surface area contributed by atoms with Crippen LogP contribution < -0.4 is 5.32 Å². The van der Waals surface area contributed by atoms with E-state index in [1.165, 1.54) is 15.3 Å². The number of nitrogens with one attached hydrogen (secondary N) is 1. The average Bonchev–Trinajstić information content (AvgIpc) is 2.48. The zero-order valence-electron chi connectivity index (χ0n) is 9.05. The van der Waals surface area contributed by atoms with Crippen molar-refractivity contribution < 1.29 is 0 Å². The fourth-order valence-electron chi connectivity index (χ4n) is 1.27. The van der Waals surface area contributed by atoms with E-state index >= 15 is 0 Å². The summed E-state index contributed by atoms with van der Waals surface area (Å²) in [7, 11) is 0. The van der Waals surface area contributed by atoms with E-state index in [-0.39, 0.29) is 6.04 Å². The molecule has 1 atom stereocenters. The summed E-state index contributed by atoms with van der Waals surface area (Å²) in [6.45, 7) is 7.38. The SMILES string of the molecule is C#CC(NCCC)c1cc(C)c(C)s1. The Morgan fingerprint density at radius 1 is 1.57 bits per heavy atom. The molecular formula is C12H17NS. The van der Waals surface area contributed by atoms with Crippen molar-refractivity contribution in [2.45, 2.75) is 33.2 Å². The van der Waals surface area contributed by atoms with Gasteiger partial charge in [0, 0.05) is 9.75 Å². The number of terminal acetylenes is 1. The fraction of sp³-hybridized carbons (Fsp3) is 0.500. The lowest BCUT2D eigenvalue weighted by Crippen LogP contribution is -2.19. The monoisotopic (exact) mass is 207 g/mol. The molecule has 0 bridgehead atoms. The Labute approximate surface area is 90.5 Å². The molecule has 0 radical (unpaired) electrons. The average molecular weight is 207 g/mol. The molecule has 14 heavy (non-hydrogen) atoms. The molecule has 0 aliphatic heterocycles. The smallest absolute Gasteiger partial charge is 0.104 e. The molecule has 0 aromatic carbocycles. The second kappa shape index (κ2) is 5.19. The van der Waals surface area contributed by atoms with Crippen LogP contribution in [0.1, 0.15) is 34.7 Å². The topological polar surface area (TPSA) is 12.0 Å². The third-order valence-corrected chi connectivity index (χ3v) is 3.45. The number of hydrogen-bond donors (Lipinski definition) is 1. The van der Waals surface area contributed by atoms with Gasteiger partial charge < -0.3 is 0 Å². The molecule has 1 N–H and O–H groups in total. The van der Waals surface area contributed by atoms with E-state index in [4.69, 9.17) is 6.42 Å². The summed E-state index contributed by atoms with van der Waals surface area (Å²) >= 11 is 1.79. The largest absolute Gasteiger partial charge is 0.299 e. The predicted octanol–water partition coefficient (Wildman–Crippen LogP) is 3.04. The molecule has 0 spiro atoms. The van der Waals surface area contributed by atoms with Crippen LogP contribution in [0.5, 0.6) is 0 Å². The van der Waals surface area contributed by atoms with Crippen LogP contribution in [0, 0.1) is 26.2 Å². The molecule has 76 valence electrons. The summed E-state index contributed by atoms with van der Waals surface area (Å²) in [5.41, 5.74) is 1.34. The van der Waals surface area contributed by atoms with Crippen LogP contribution in [-0.2, 0) is 0 Å². The number of rotatable bonds is 4. The molecule has 1 aromatic rings. The quantitative estimate of drug-likeness (QED) is 0.748. The lowest BCUT2D eigenvalue weighted by Gasteiger charge is -2.09. The van der Waals surface area contributed by atoms with Crippen LogP contribution >= 0.6 is 11.3 Å². The Hall–Kier alpha value is -0.780. The molecule has 0 aliphatic rings. The Bertz CT molecular complexity index is 313. The van der Waals surface area contributed by atoms with Crippen molar-refractivity contribution in [2.24, 2.45) is 0 Å². The minimum Gasteiger partial charge on any atom is -0.299 e.